The normalized spacial score (nSPS) is 11.9. The zero-order valence-electron chi connectivity index (χ0n) is 9.67. The second-order valence-corrected chi connectivity index (χ2v) is 3.39. The van der Waals surface area contributed by atoms with Gasteiger partial charge in [0.05, 0.1) is 6.61 Å². The van der Waals surface area contributed by atoms with Crippen molar-refractivity contribution in [1.82, 2.24) is 0 Å². The van der Waals surface area contributed by atoms with Gasteiger partial charge in [0.2, 0.25) is 0 Å². The van der Waals surface area contributed by atoms with E-state index >= 15 is 0 Å². The molecule has 5 heteroatoms. The number of hydrogen-bond donors (Lipinski definition) is 1. The first kappa shape index (κ1) is 13.5. The van der Waals surface area contributed by atoms with Gasteiger partial charge in [-0.1, -0.05) is 31.5 Å². The average molecular weight is 240 g/mol. The van der Waals surface area contributed by atoms with Crippen LogP contribution in [0.25, 0.3) is 0 Å². The summed E-state index contributed by atoms with van der Waals surface area (Å²) >= 11 is 0. The Morgan fingerprint density at radius 1 is 1.35 bits per heavy atom. The van der Waals surface area contributed by atoms with E-state index in [-0.39, 0.29) is 6.61 Å². The zero-order chi connectivity index (χ0) is 12.5. The molecule has 0 heterocycles. The second kappa shape index (κ2) is 7.65. The van der Waals surface area contributed by atoms with Crippen molar-refractivity contribution in [2.24, 2.45) is 0 Å². The molecule has 1 atom stereocenters. The van der Waals surface area contributed by atoms with Gasteiger partial charge in [-0.3, -0.25) is 0 Å². The van der Waals surface area contributed by atoms with Crippen LogP contribution in [0.15, 0.2) is 30.3 Å². The SMILES string of the molecule is CCCCOC(=O)C(OO)Oc1ccccc1. The molecule has 0 aromatic heterocycles. The third kappa shape index (κ3) is 4.84. The van der Waals surface area contributed by atoms with Crippen molar-refractivity contribution in [1.29, 1.82) is 0 Å². The molecule has 0 fully saturated rings. The minimum atomic E-state index is -1.45. The largest absolute Gasteiger partial charge is 0.461 e. The summed E-state index contributed by atoms with van der Waals surface area (Å²) in [5, 5.41) is 8.59. The first-order valence-corrected chi connectivity index (χ1v) is 5.46. The summed E-state index contributed by atoms with van der Waals surface area (Å²) in [6.45, 7) is 2.27. The van der Waals surface area contributed by atoms with Crippen LogP contribution in [0.4, 0.5) is 0 Å². The van der Waals surface area contributed by atoms with Crippen molar-refractivity contribution in [3.05, 3.63) is 30.3 Å². The molecule has 1 aromatic carbocycles. The second-order valence-electron chi connectivity index (χ2n) is 3.39. The molecule has 1 unspecified atom stereocenters. The predicted molar refractivity (Wildman–Crippen MR) is 60.4 cm³/mol. The van der Waals surface area contributed by atoms with Crippen molar-refractivity contribution in [2.75, 3.05) is 6.61 Å². The van der Waals surface area contributed by atoms with E-state index in [1.54, 1.807) is 30.3 Å². The maximum Gasteiger partial charge on any atom is 0.379 e. The predicted octanol–water partition coefficient (Wildman–Crippen LogP) is 2.22. The maximum absolute atomic E-state index is 11.4. The van der Waals surface area contributed by atoms with Crippen molar-refractivity contribution < 1.29 is 24.4 Å². The fraction of sp³-hybridized carbons (Fsp3) is 0.417. The number of rotatable bonds is 7. The van der Waals surface area contributed by atoms with Crippen LogP contribution in [-0.2, 0) is 14.4 Å². The highest BCUT2D eigenvalue weighted by Crippen LogP contribution is 2.12. The number of carbonyl (C=O) groups is 1. The highest BCUT2D eigenvalue weighted by Gasteiger charge is 2.22. The zero-order valence-corrected chi connectivity index (χ0v) is 9.67. The first-order chi connectivity index (χ1) is 8.27. The van der Waals surface area contributed by atoms with E-state index in [4.69, 9.17) is 14.7 Å². The molecule has 0 spiro atoms. The molecular weight excluding hydrogens is 224 g/mol. The van der Waals surface area contributed by atoms with Crippen molar-refractivity contribution in [2.45, 2.75) is 26.1 Å². The van der Waals surface area contributed by atoms with Crippen LogP contribution in [0, 0.1) is 0 Å². The van der Waals surface area contributed by atoms with Crippen LogP contribution >= 0.6 is 0 Å². The van der Waals surface area contributed by atoms with E-state index in [0.717, 1.165) is 12.8 Å². The molecule has 17 heavy (non-hydrogen) atoms. The molecule has 0 aliphatic carbocycles. The molecule has 0 radical (unpaired) electrons. The molecule has 1 rings (SSSR count). The number of carbonyl (C=O) groups excluding carboxylic acids is 1. The average Bonchev–Trinajstić information content (AvgIpc) is 2.37. The summed E-state index contributed by atoms with van der Waals surface area (Å²) in [5.74, 6) is -0.330. The Morgan fingerprint density at radius 2 is 2.06 bits per heavy atom. The van der Waals surface area contributed by atoms with Crippen LogP contribution in [0.5, 0.6) is 5.75 Å². The standard InChI is InChI=1S/C12H16O5/c1-2-3-9-15-11(13)12(17-14)16-10-7-5-4-6-8-10/h4-8,12,14H,2-3,9H2,1H3. The first-order valence-electron chi connectivity index (χ1n) is 5.46. The summed E-state index contributed by atoms with van der Waals surface area (Å²) in [7, 11) is 0. The van der Waals surface area contributed by atoms with Gasteiger partial charge in [-0.05, 0) is 18.6 Å². The van der Waals surface area contributed by atoms with Gasteiger partial charge in [0.1, 0.15) is 5.75 Å². The Labute approximate surface area is 99.8 Å². The molecule has 0 saturated heterocycles. The number of unbranched alkanes of at least 4 members (excludes halogenated alkanes) is 1. The minimum absolute atomic E-state index is 0.285. The minimum Gasteiger partial charge on any atom is -0.461 e. The molecule has 0 aliphatic heterocycles. The summed E-state index contributed by atoms with van der Waals surface area (Å²) in [4.78, 5) is 15.4. The quantitative estimate of drug-likeness (QED) is 0.260. The summed E-state index contributed by atoms with van der Waals surface area (Å²) in [6.07, 6.45) is 0.224. The Bertz CT molecular complexity index is 325. The molecule has 94 valence electrons. The highest BCUT2D eigenvalue weighted by molar-refractivity contribution is 5.73. The lowest BCUT2D eigenvalue weighted by atomic mass is 10.3. The van der Waals surface area contributed by atoms with Gasteiger partial charge in [-0.2, -0.15) is 4.89 Å². The van der Waals surface area contributed by atoms with Gasteiger partial charge < -0.3 is 9.47 Å². The van der Waals surface area contributed by atoms with Gasteiger partial charge in [0.25, 0.3) is 0 Å². The van der Waals surface area contributed by atoms with Crippen molar-refractivity contribution in [3.8, 4) is 5.75 Å². The summed E-state index contributed by atoms with van der Waals surface area (Å²) in [6, 6.07) is 8.58. The number of esters is 1. The summed E-state index contributed by atoms with van der Waals surface area (Å²) < 4.78 is 9.97. The Morgan fingerprint density at radius 3 is 2.65 bits per heavy atom. The molecule has 0 bridgehead atoms. The van der Waals surface area contributed by atoms with Gasteiger partial charge in [-0.25, -0.2) is 10.1 Å². The molecule has 1 N–H and O–H groups in total. The van der Waals surface area contributed by atoms with E-state index in [9.17, 15) is 4.79 Å². The maximum atomic E-state index is 11.4. The third-order valence-electron chi connectivity index (χ3n) is 2.02. The topological polar surface area (TPSA) is 65.0 Å². The van der Waals surface area contributed by atoms with Crippen molar-refractivity contribution in [3.63, 3.8) is 0 Å². The van der Waals surface area contributed by atoms with E-state index in [0.29, 0.717) is 5.75 Å². The van der Waals surface area contributed by atoms with Crippen LogP contribution < -0.4 is 4.74 Å². The van der Waals surface area contributed by atoms with Gasteiger partial charge in [-0.15, -0.1) is 0 Å². The van der Waals surface area contributed by atoms with Gasteiger partial charge in [0, 0.05) is 0 Å². The molecule has 0 aliphatic rings. The lowest BCUT2D eigenvalue weighted by Gasteiger charge is -2.14. The lowest BCUT2D eigenvalue weighted by molar-refractivity contribution is -0.319. The monoisotopic (exact) mass is 240 g/mol. The number of para-hydroxylation sites is 1. The Kier molecular flexibility index (Phi) is 6.06. The number of benzene rings is 1. The van der Waals surface area contributed by atoms with Crippen LogP contribution in [0.1, 0.15) is 19.8 Å². The van der Waals surface area contributed by atoms with Crippen LogP contribution in [-0.4, -0.2) is 24.1 Å². The van der Waals surface area contributed by atoms with Crippen LogP contribution in [0.3, 0.4) is 0 Å². The molecule has 0 amide bonds. The highest BCUT2D eigenvalue weighted by atomic mass is 17.1. The van der Waals surface area contributed by atoms with Gasteiger partial charge >= 0.3 is 12.3 Å². The lowest BCUT2D eigenvalue weighted by Crippen LogP contribution is -2.31. The fourth-order valence-corrected chi connectivity index (χ4v) is 1.12. The van der Waals surface area contributed by atoms with E-state index in [1.165, 1.54) is 0 Å². The molecular formula is C12H16O5. The Balaban J connectivity index is 2.45. The molecule has 0 saturated carbocycles. The molecule has 1 aromatic rings. The Hall–Kier alpha value is -1.59. The van der Waals surface area contributed by atoms with E-state index < -0.39 is 12.3 Å². The number of hydrogen-bond acceptors (Lipinski definition) is 5. The third-order valence-corrected chi connectivity index (χ3v) is 2.02. The van der Waals surface area contributed by atoms with Crippen LogP contribution in [0.2, 0.25) is 0 Å². The van der Waals surface area contributed by atoms with E-state index in [2.05, 4.69) is 4.89 Å². The van der Waals surface area contributed by atoms with E-state index in [1.807, 2.05) is 6.92 Å². The fourth-order valence-electron chi connectivity index (χ4n) is 1.12. The van der Waals surface area contributed by atoms with Gasteiger partial charge in [0.15, 0.2) is 0 Å². The van der Waals surface area contributed by atoms with Crippen molar-refractivity contribution >= 4 is 5.97 Å². The number of ether oxygens (including phenoxy) is 2. The molecule has 5 nitrogen and oxygen atoms in total. The smallest absolute Gasteiger partial charge is 0.379 e. The summed E-state index contributed by atoms with van der Waals surface area (Å²) in [5.41, 5.74) is 0.